The topological polar surface area (TPSA) is 64.3 Å². The zero-order chi connectivity index (χ0) is 19.8. The lowest BCUT2D eigenvalue weighted by molar-refractivity contribution is -1.02. The summed E-state index contributed by atoms with van der Waals surface area (Å²) in [5.41, 5.74) is 2.55. The number of piperazine rings is 1. The van der Waals surface area contributed by atoms with Gasteiger partial charge in [0.05, 0.1) is 12.2 Å². The van der Waals surface area contributed by atoms with Crippen LogP contribution in [0.2, 0.25) is 0 Å². The predicted octanol–water partition coefficient (Wildman–Crippen LogP) is -0.215. The smallest absolute Gasteiger partial charge is 0.338 e. The summed E-state index contributed by atoms with van der Waals surface area (Å²) in [6, 6.07) is 17.4. The van der Waals surface area contributed by atoms with E-state index in [0.717, 1.165) is 32.7 Å². The molecule has 0 spiro atoms. The number of quaternary nitrogens is 2. The second kappa shape index (κ2) is 10.0. The van der Waals surface area contributed by atoms with Gasteiger partial charge in [0, 0.05) is 11.3 Å². The van der Waals surface area contributed by atoms with Gasteiger partial charge in [0.25, 0.3) is 5.91 Å². The minimum atomic E-state index is -0.347. The Balaban J connectivity index is 1.41. The average molecular weight is 383 g/mol. The molecule has 0 bridgehead atoms. The molecule has 1 fully saturated rings. The van der Waals surface area contributed by atoms with Gasteiger partial charge in [-0.05, 0) is 31.2 Å². The molecule has 3 N–H and O–H groups in total. The first-order chi connectivity index (χ1) is 13.6. The van der Waals surface area contributed by atoms with Crippen LogP contribution in [-0.4, -0.2) is 51.2 Å². The molecular weight excluding hydrogens is 354 g/mol. The molecule has 2 aromatic rings. The third kappa shape index (κ3) is 5.90. The first-order valence-corrected chi connectivity index (χ1v) is 9.92. The molecule has 1 amide bonds. The first kappa shape index (κ1) is 20.0. The van der Waals surface area contributed by atoms with Crippen LogP contribution < -0.4 is 15.1 Å². The molecule has 1 aliphatic rings. The molecule has 6 nitrogen and oxygen atoms in total. The van der Waals surface area contributed by atoms with Gasteiger partial charge in [-0.2, -0.15) is 0 Å². The maximum atomic E-state index is 12.3. The Hall–Kier alpha value is -2.70. The molecule has 0 radical (unpaired) electrons. The van der Waals surface area contributed by atoms with Crippen LogP contribution in [-0.2, 0) is 16.1 Å². The van der Waals surface area contributed by atoms with Gasteiger partial charge in [0.1, 0.15) is 32.7 Å². The zero-order valence-electron chi connectivity index (χ0n) is 16.4. The third-order valence-corrected chi connectivity index (χ3v) is 5.05. The number of ether oxygens (including phenoxy) is 1. The van der Waals surface area contributed by atoms with Crippen LogP contribution in [0.1, 0.15) is 22.8 Å². The number of nitrogens with one attached hydrogen (secondary N) is 3. The van der Waals surface area contributed by atoms with Gasteiger partial charge in [-0.1, -0.05) is 30.3 Å². The molecule has 0 unspecified atom stereocenters. The van der Waals surface area contributed by atoms with Crippen molar-refractivity contribution in [3.63, 3.8) is 0 Å². The highest BCUT2D eigenvalue weighted by molar-refractivity contribution is 5.93. The van der Waals surface area contributed by atoms with E-state index in [2.05, 4.69) is 29.6 Å². The number of amides is 1. The Kier molecular flexibility index (Phi) is 7.17. The lowest BCUT2D eigenvalue weighted by Crippen LogP contribution is -3.28. The van der Waals surface area contributed by atoms with Gasteiger partial charge in [-0.3, -0.25) is 4.79 Å². The van der Waals surface area contributed by atoms with E-state index in [-0.39, 0.29) is 11.9 Å². The van der Waals surface area contributed by atoms with E-state index in [9.17, 15) is 9.59 Å². The molecule has 1 aliphatic heterocycles. The van der Waals surface area contributed by atoms with Crippen molar-refractivity contribution in [1.82, 2.24) is 0 Å². The van der Waals surface area contributed by atoms with Crippen LogP contribution in [0.15, 0.2) is 54.6 Å². The fourth-order valence-electron chi connectivity index (χ4n) is 3.53. The van der Waals surface area contributed by atoms with Crippen molar-refractivity contribution in [1.29, 1.82) is 0 Å². The van der Waals surface area contributed by atoms with Gasteiger partial charge in [-0.25, -0.2) is 4.79 Å². The van der Waals surface area contributed by atoms with E-state index in [1.165, 1.54) is 10.5 Å². The Morgan fingerprint density at radius 3 is 2.21 bits per heavy atom. The summed E-state index contributed by atoms with van der Waals surface area (Å²) in [6.07, 6.45) is 0. The maximum Gasteiger partial charge on any atom is 0.338 e. The van der Waals surface area contributed by atoms with E-state index in [1.54, 1.807) is 36.1 Å². The molecule has 28 heavy (non-hydrogen) atoms. The lowest BCUT2D eigenvalue weighted by atomic mass is 10.2. The van der Waals surface area contributed by atoms with Crippen LogP contribution in [0.5, 0.6) is 0 Å². The van der Waals surface area contributed by atoms with E-state index < -0.39 is 0 Å². The summed E-state index contributed by atoms with van der Waals surface area (Å²) in [6.45, 7) is 7.79. The molecule has 6 heteroatoms. The fraction of sp³-hybridized carbons (Fsp3) is 0.364. The highest BCUT2D eigenvalue weighted by Gasteiger charge is 2.24. The van der Waals surface area contributed by atoms with Gasteiger partial charge in [0.2, 0.25) is 0 Å². The van der Waals surface area contributed by atoms with Crippen LogP contribution in [0.4, 0.5) is 5.69 Å². The van der Waals surface area contributed by atoms with Crippen molar-refractivity contribution in [2.24, 2.45) is 0 Å². The Bertz CT molecular complexity index is 769. The Morgan fingerprint density at radius 1 is 0.929 bits per heavy atom. The molecule has 3 rings (SSSR count). The van der Waals surface area contributed by atoms with E-state index >= 15 is 0 Å². The summed E-state index contributed by atoms with van der Waals surface area (Å²) in [4.78, 5) is 26.9. The zero-order valence-corrected chi connectivity index (χ0v) is 16.4. The van der Waals surface area contributed by atoms with Crippen molar-refractivity contribution in [2.45, 2.75) is 13.5 Å². The number of rotatable bonds is 7. The molecular formula is C22H29N3O3+2. The maximum absolute atomic E-state index is 12.3. The van der Waals surface area contributed by atoms with E-state index in [1.807, 2.05) is 6.07 Å². The number of hydrogen-bond acceptors (Lipinski definition) is 3. The number of carbonyl (C=O) groups is 2. The van der Waals surface area contributed by atoms with Gasteiger partial charge in [0.15, 0.2) is 6.54 Å². The van der Waals surface area contributed by atoms with Gasteiger partial charge in [-0.15, -0.1) is 0 Å². The Labute approximate surface area is 166 Å². The minimum absolute atomic E-state index is 0.00499. The van der Waals surface area contributed by atoms with Crippen molar-refractivity contribution >= 4 is 17.6 Å². The number of carbonyl (C=O) groups excluding carboxylic acids is 2. The van der Waals surface area contributed by atoms with Crippen LogP contribution in [0.25, 0.3) is 0 Å². The summed E-state index contributed by atoms with van der Waals surface area (Å²) < 4.78 is 4.96. The Morgan fingerprint density at radius 2 is 1.57 bits per heavy atom. The van der Waals surface area contributed by atoms with Crippen molar-refractivity contribution in [3.8, 4) is 0 Å². The number of benzene rings is 2. The highest BCUT2D eigenvalue weighted by atomic mass is 16.5. The van der Waals surface area contributed by atoms with Crippen molar-refractivity contribution < 1.29 is 24.1 Å². The number of hydrogen-bond donors (Lipinski definition) is 3. The minimum Gasteiger partial charge on any atom is -0.462 e. The van der Waals surface area contributed by atoms with Crippen molar-refractivity contribution in [2.75, 3.05) is 44.6 Å². The summed E-state index contributed by atoms with van der Waals surface area (Å²) in [5.74, 6) is -0.342. The molecule has 0 aliphatic carbocycles. The quantitative estimate of drug-likeness (QED) is 0.580. The second-order valence-corrected chi connectivity index (χ2v) is 7.19. The predicted molar refractivity (Wildman–Crippen MR) is 107 cm³/mol. The molecule has 2 aromatic carbocycles. The van der Waals surface area contributed by atoms with Gasteiger partial charge < -0.3 is 19.9 Å². The summed E-state index contributed by atoms with van der Waals surface area (Å²) in [5, 5.41) is 2.92. The lowest BCUT2D eigenvalue weighted by Gasteiger charge is -2.29. The molecule has 1 saturated heterocycles. The molecule has 0 aromatic heterocycles. The fourth-order valence-corrected chi connectivity index (χ4v) is 3.53. The molecule has 0 saturated carbocycles. The monoisotopic (exact) mass is 383 g/mol. The van der Waals surface area contributed by atoms with Crippen molar-refractivity contribution in [3.05, 3.63) is 65.7 Å². The number of anilines is 1. The summed E-state index contributed by atoms with van der Waals surface area (Å²) in [7, 11) is 0. The van der Waals surface area contributed by atoms with E-state index in [4.69, 9.17) is 4.74 Å². The van der Waals surface area contributed by atoms with Gasteiger partial charge >= 0.3 is 5.97 Å². The largest absolute Gasteiger partial charge is 0.462 e. The second-order valence-electron chi connectivity index (χ2n) is 7.19. The van der Waals surface area contributed by atoms with Crippen LogP contribution >= 0.6 is 0 Å². The first-order valence-electron chi connectivity index (χ1n) is 9.92. The molecule has 0 atom stereocenters. The highest BCUT2D eigenvalue weighted by Crippen LogP contribution is 2.10. The molecule has 148 valence electrons. The van der Waals surface area contributed by atoms with E-state index in [0.29, 0.717) is 24.4 Å². The third-order valence-electron chi connectivity index (χ3n) is 5.05. The van der Waals surface area contributed by atoms with Crippen LogP contribution in [0, 0.1) is 0 Å². The number of esters is 1. The standard InChI is InChI=1S/C22H27N3O3/c1-2-28-22(27)19-8-10-20(11-9-19)23-21(26)17-25-14-12-24(13-15-25)16-18-6-4-3-5-7-18/h3-11H,2,12-17H2,1H3,(H,23,26)/p+2. The average Bonchev–Trinajstić information content (AvgIpc) is 2.71. The molecule has 1 heterocycles. The normalized spacial score (nSPS) is 19.0. The SMILES string of the molecule is CCOC(=O)c1ccc(NC(=O)C[NH+]2CC[NH+](Cc3ccccc3)CC2)cc1. The van der Waals surface area contributed by atoms with Crippen LogP contribution in [0.3, 0.4) is 0 Å². The summed E-state index contributed by atoms with van der Waals surface area (Å²) >= 11 is 0.